The zero-order valence-corrected chi connectivity index (χ0v) is 23.5. The molecule has 2 aromatic carbocycles. The Hall–Kier alpha value is -4.62. The number of carbonyl (C=O) groups excluding carboxylic acids is 3. The predicted molar refractivity (Wildman–Crippen MR) is 160 cm³/mol. The Bertz CT molecular complexity index is 1510. The summed E-state index contributed by atoms with van der Waals surface area (Å²) in [6.45, 7) is 0. The van der Waals surface area contributed by atoms with Crippen molar-refractivity contribution in [2.75, 3.05) is 5.75 Å². The number of para-hydroxylation sites is 1. The fourth-order valence-electron chi connectivity index (χ4n) is 4.52. The first-order chi connectivity index (χ1) is 20.2. The van der Waals surface area contributed by atoms with Gasteiger partial charge in [0, 0.05) is 47.6 Å². The summed E-state index contributed by atoms with van der Waals surface area (Å²) in [7, 11) is 0. The minimum atomic E-state index is -1.26. The highest BCUT2D eigenvalue weighted by atomic mass is 32.1. The first kappa shape index (κ1) is 30.3. The van der Waals surface area contributed by atoms with Gasteiger partial charge in [0.2, 0.25) is 17.7 Å². The van der Waals surface area contributed by atoms with Crippen molar-refractivity contribution >= 4 is 47.2 Å². The van der Waals surface area contributed by atoms with Gasteiger partial charge in [-0.15, -0.1) is 0 Å². The lowest BCUT2D eigenvalue weighted by molar-refractivity contribution is -0.142. The van der Waals surface area contributed by atoms with Crippen LogP contribution < -0.4 is 21.7 Å². The molecular weight excluding hydrogens is 558 g/mol. The van der Waals surface area contributed by atoms with Crippen molar-refractivity contribution in [3.05, 3.63) is 90.1 Å². The number of carboxylic acid groups (broad SMARTS) is 1. The molecule has 4 rings (SSSR count). The van der Waals surface area contributed by atoms with E-state index in [0.29, 0.717) is 5.69 Å². The number of hydrogen-bond acceptors (Lipinski definition) is 7. The third-order valence-electron chi connectivity index (χ3n) is 6.78. The molecule has 4 unspecified atom stereocenters. The van der Waals surface area contributed by atoms with Gasteiger partial charge < -0.3 is 36.8 Å². The average Bonchev–Trinajstić information content (AvgIpc) is 3.65. The molecule has 220 valence electrons. The number of imidazole rings is 1. The molecule has 0 aliphatic rings. The van der Waals surface area contributed by atoms with Gasteiger partial charge in [-0.05, 0) is 23.6 Å². The highest BCUT2D eigenvalue weighted by molar-refractivity contribution is 7.80. The van der Waals surface area contributed by atoms with Gasteiger partial charge in [-0.25, -0.2) is 9.78 Å². The SMILES string of the molecule is NC(Cc1ccccc1)C(=O)NC(Cc1cnc[nH]1)C(=O)NC(CS)C(=O)NC(Cc1c[nH]c2ccccc12)C(=O)O. The average molecular weight is 592 g/mol. The lowest BCUT2D eigenvalue weighted by Crippen LogP contribution is -2.58. The van der Waals surface area contributed by atoms with Gasteiger partial charge in [-0.2, -0.15) is 12.6 Å². The third-order valence-corrected chi connectivity index (χ3v) is 7.14. The summed E-state index contributed by atoms with van der Waals surface area (Å²) >= 11 is 4.21. The number of nitrogens with two attached hydrogens (primary N) is 1. The van der Waals surface area contributed by atoms with E-state index in [-0.39, 0.29) is 25.0 Å². The van der Waals surface area contributed by atoms with Crippen molar-refractivity contribution in [3.8, 4) is 0 Å². The van der Waals surface area contributed by atoms with E-state index >= 15 is 0 Å². The van der Waals surface area contributed by atoms with Crippen LogP contribution in [0, 0.1) is 0 Å². The smallest absolute Gasteiger partial charge is 0.326 e. The standard InChI is InChI=1S/C29H33N7O5S/c30-21(10-17-6-2-1-3-7-17)26(37)34-23(12-19-14-31-16-33-19)27(38)36-25(15-42)28(39)35-24(29(40)41)11-18-13-32-22-9-5-4-8-20(18)22/h1-9,13-14,16,21,23-25,32,42H,10-12,15,30H2,(H,31,33)(H,34,37)(H,35,39)(H,36,38)(H,40,41). The van der Waals surface area contributed by atoms with E-state index in [9.17, 15) is 24.3 Å². The number of nitrogens with zero attached hydrogens (tertiary/aromatic N) is 1. The van der Waals surface area contributed by atoms with Crippen molar-refractivity contribution in [2.24, 2.45) is 5.73 Å². The lowest BCUT2D eigenvalue weighted by atomic mass is 10.0. The number of aliphatic carboxylic acids is 1. The molecule has 4 atom stereocenters. The van der Waals surface area contributed by atoms with Crippen molar-refractivity contribution in [1.29, 1.82) is 0 Å². The molecule has 3 amide bonds. The van der Waals surface area contributed by atoms with Crippen LogP contribution in [0.4, 0.5) is 0 Å². The topological polar surface area (TPSA) is 195 Å². The highest BCUT2D eigenvalue weighted by Crippen LogP contribution is 2.19. The van der Waals surface area contributed by atoms with Crippen LogP contribution in [-0.2, 0) is 38.4 Å². The van der Waals surface area contributed by atoms with Crippen LogP contribution >= 0.6 is 12.6 Å². The summed E-state index contributed by atoms with van der Waals surface area (Å²) in [4.78, 5) is 61.4. The number of carboxylic acids is 1. The molecule has 13 heteroatoms. The second-order valence-corrected chi connectivity index (χ2v) is 10.2. The fourth-order valence-corrected chi connectivity index (χ4v) is 4.78. The van der Waals surface area contributed by atoms with Gasteiger partial charge in [0.05, 0.1) is 12.4 Å². The fraction of sp³-hybridized carbons (Fsp3) is 0.276. The number of rotatable bonds is 14. The van der Waals surface area contributed by atoms with Crippen LogP contribution in [0.25, 0.3) is 10.9 Å². The summed E-state index contributed by atoms with van der Waals surface area (Å²) < 4.78 is 0. The normalized spacial score (nSPS) is 14.0. The van der Waals surface area contributed by atoms with E-state index in [1.807, 2.05) is 54.6 Å². The Morgan fingerprint density at radius 3 is 2.19 bits per heavy atom. The summed E-state index contributed by atoms with van der Waals surface area (Å²) in [5.74, 6) is -3.28. The van der Waals surface area contributed by atoms with Crippen LogP contribution in [0.2, 0.25) is 0 Å². The van der Waals surface area contributed by atoms with Crippen LogP contribution in [-0.4, -0.2) is 73.7 Å². The molecule has 0 spiro atoms. The first-order valence-electron chi connectivity index (χ1n) is 13.3. The van der Waals surface area contributed by atoms with Gasteiger partial charge in [0.25, 0.3) is 0 Å². The Kier molecular flexibility index (Phi) is 10.3. The summed E-state index contributed by atoms with van der Waals surface area (Å²) in [6, 6.07) is 12.2. The summed E-state index contributed by atoms with van der Waals surface area (Å²) in [5, 5.41) is 18.4. The molecule has 4 aromatic rings. The number of aromatic nitrogens is 3. The van der Waals surface area contributed by atoms with E-state index in [2.05, 4.69) is 43.5 Å². The number of amides is 3. The van der Waals surface area contributed by atoms with E-state index < -0.39 is 47.9 Å². The van der Waals surface area contributed by atoms with Crippen molar-refractivity contribution in [1.82, 2.24) is 30.9 Å². The molecule has 2 heterocycles. The number of H-pyrrole nitrogens is 2. The van der Waals surface area contributed by atoms with E-state index in [0.717, 1.165) is 22.0 Å². The largest absolute Gasteiger partial charge is 0.480 e. The maximum Gasteiger partial charge on any atom is 0.326 e. The summed E-state index contributed by atoms with van der Waals surface area (Å²) in [5.41, 5.74) is 9.12. The molecule has 0 fully saturated rings. The van der Waals surface area contributed by atoms with Crippen LogP contribution in [0.1, 0.15) is 16.8 Å². The molecule has 0 saturated heterocycles. The minimum Gasteiger partial charge on any atom is -0.480 e. The Morgan fingerprint density at radius 1 is 0.833 bits per heavy atom. The van der Waals surface area contributed by atoms with Crippen molar-refractivity contribution in [3.63, 3.8) is 0 Å². The molecule has 12 nitrogen and oxygen atoms in total. The predicted octanol–water partition coefficient (Wildman–Crippen LogP) is 0.715. The maximum absolute atomic E-state index is 13.3. The third kappa shape index (κ3) is 7.98. The molecular formula is C29H33N7O5S. The van der Waals surface area contributed by atoms with Gasteiger partial charge in [0.15, 0.2) is 0 Å². The van der Waals surface area contributed by atoms with Gasteiger partial charge in [-0.3, -0.25) is 14.4 Å². The molecule has 42 heavy (non-hydrogen) atoms. The molecule has 0 aliphatic heterocycles. The zero-order chi connectivity index (χ0) is 30.1. The first-order valence-corrected chi connectivity index (χ1v) is 13.9. The summed E-state index contributed by atoms with van der Waals surface area (Å²) in [6.07, 6.45) is 5.00. The minimum absolute atomic E-state index is 0.0239. The number of hydrogen-bond donors (Lipinski definition) is 8. The number of nitrogens with one attached hydrogen (secondary N) is 5. The number of benzene rings is 2. The van der Waals surface area contributed by atoms with Crippen LogP contribution in [0.3, 0.4) is 0 Å². The van der Waals surface area contributed by atoms with E-state index in [1.165, 1.54) is 12.5 Å². The quantitative estimate of drug-likeness (QED) is 0.0989. The molecule has 2 aromatic heterocycles. The Balaban J connectivity index is 1.42. The van der Waals surface area contributed by atoms with Crippen molar-refractivity contribution < 1.29 is 24.3 Å². The molecule has 8 N–H and O–H groups in total. The van der Waals surface area contributed by atoms with Crippen molar-refractivity contribution in [2.45, 2.75) is 43.4 Å². The van der Waals surface area contributed by atoms with Gasteiger partial charge in [-0.1, -0.05) is 48.5 Å². The lowest BCUT2D eigenvalue weighted by Gasteiger charge is -2.24. The number of carbonyl (C=O) groups is 4. The molecule has 0 radical (unpaired) electrons. The van der Waals surface area contributed by atoms with Gasteiger partial charge >= 0.3 is 5.97 Å². The number of aromatic amines is 2. The molecule has 0 saturated carbocycles. The van der Waals surface area contributed by atoms with Crippen LogP contribution in [0.5, 0.6) is 0 Å². The molecule has 0 aliphatic carbocycles. The second-order valence-electron chi connectivity index (χ2n) is 9.85. The van der Waals surface area contributed by atoms with E-state index in [4.69, 9.17) is 5.73 Å². The van der Waals surface area contributed by atoms with E-state index in [1.54, 1.807) is 6.20 Å². The highest BCUT2D eigenvalue weighted by Gasteiger charge is 2.30. The van der Waals surface area contributed by atoms with Gasteiger partial charge in [0.1, 0.15) is 18.1 Å². The second kappa shape index (κ2) is 14.3. The monoisotopic (exact) mass is 591 g/mol. The Labute approximate surface area is 247 Å². The number of fused-ring (bicyclic) bond motifs is 1. The number of thiol groups is 1. The Morgan fingerprint density at radius 2 is 1.50 bits per heavy atom. The maximum atomic E-state index is 13.3. The van der Waals surface area contributed by atoms with Crippen LogP contribution in [0.15, 0.2) is 73.3 Å². The zero-order valence-electron chi connectivity index (χ0n) is 22.6. The molecule has 0 bridgehead atoms.